The van der Waals surface area contributed by atoms with E-state index in [1.165, 1.54) is 37.7 Å². The van der Waals surface area contributed by atoms with Crippen molar-refractivity contribution in [2.45, 2.75) is 58.4 Å². The van der Waals surface area contributed by atoms with E-state index in [1.54, 1.807) is 4.68 Å². The van der Waals surface area contributed by atoms with E-state index in [-0.39, 0.29) is 0 Å². The van der Waals surface area contributed by atoms with E-state index in [0.717, 1.165) is 29.7 Å². The quantitative estimate of drug-likeness (QED) is 0.858. The minimum Gasteiger partial charge on any atom is -0.314 e. The van der Waals surface area contributed by atoms with Crippen molar-refractivity contribution >= 4 is 11.6 Å². The zero-order chi connectivity index (χ0) is 13.8. The molecule has 3 nitrogen and oxygen atoms in total. The van der Waals surface area contributed by atoms with Gasteiger partial charge in [0.1, 0.15) is 5.15 Å². The minimum atomic E-state index is 0.688. The van der Waals surface area contributed by atoms with Crippen LogP contribution in [-0.4, -0.2) is 22.4 Å². The van der Waals surface area contributed by atoms with E-state index < -0.39 is 0 Å². The van der Waals surface area contributed by atoms with Gasteiger partial charge in [-0.1, -0.05) is 37.8 Å². The third-order valence-electron chi connectivity index (χ3n) is 4.29. The van der Waals surface area contributed by atoms with E-state index in [4.69, 9.17) is 11.6 Å². The number of aryl methyl sites for hydroxylation is 2. The highest BCUT2D eigenvalue weighted by Crippen LogP contribution is 2.30. The van der Waals surface area contributed by atoms with Crippen LogP contribution in [0.2, 0.25) is 5.15 Å². The van der Waals surface area contributed by atoms with Gasteiger partial charge in [-0.3, -0.25) is 4.68 Å². The monoisotopic (exact) mass is 283 g/mol. The lowest BCUT2D eigenvalue weighted by atomic mass is 9.91. The second-order valence-corrected chi connectivity index (χ2v) is 6.18. The van der Waals surface area contributed by atoms with Crippen LogP contribution in [-0.2, 0) is 13.5 Å². The van der Waals surface area contributed by atoms with Gasteiger partial charge in [0.15, 0.2) is 0 Å². The van der Waals surface area contributed by atoms with Gasteiger partial charge in [0.2, 0.25) is 0 Å². The number of hydrogen-bond acceptors (Lipinski definition) is 2. The fraction of sp³-hybridized carbons (Fsp3) is 0.800. The van der Waals surface area contributed by atoms with Gasteiger partial charge in [0.25, 0.3) is 0 Å². The molecule has 1 saturated carbocycles. The van der Waals surface area contributed by atoms with E-state index in [0.29, 0.717) is 6.04 Å². The van der Waals surface area contributed by atoms with Gasteiger partial charge in [-0.05, 0) is 38.6 Å². The first-order chi connectivity index (χ1) is 9.11. The molecule has 0 spiro atoms. The Labute approximate surface area is 121 Å². The van der Waals surface area contributed by atoms with Crippen molar-refractivity contribution in [2.24, 2.45) is 13.0 Å². The Balaban J connectivity index is 2.04. The predicted octanol–water partition coefficient (Wildman–Crippen LogP) is 3.48. The molecule has 19 heavy (non-hydrogen) atoms. The Morgan fingerprint density at radius 1 is 1.37 bits per heavy atom. The topological polar surface area (TPSA) is 29.9 Å². The van der Waals surface area contributed by atoms with Gasteiger partial charge in [-0.15, -0.1) is 0 Å². The zero-order valence-electron chi connectivity index (χ0n) is 12.4. The maximum atomic E-state index is 6.36. The van der Waals surface area contributed by atoms with Crippen molar-refractivity contribution in [3.05, 3.63) is 16.4 Å². The molecule has 1 aromatic rings. The predicted molar refractivity (Wildman–Crippen MR) is 80.7 cm³/mol. The normalized spacial score (nSPS) is 24.4. The summed E-state index contributed by atoms with van der Waals surface area (Å²) in [5.74, 6) is 0.743. The van der Waals surface area contributed by atoms with Crippen LogP contribution in [0.5, 0.6) is 0 Å². The first kappa shape index (κ1) is 14.9. The minimum absolute atomic E-state index is 0.688. The highest BCUT2D eigenvalue weighted by atomic mass is 35.5. The van der Waals surface area contributed by atoms with E-state index >= 15 is 0 Å². The lowest BCUT2D eigenvalue weighted by Crippen LogP contribution is -2.30. The molecule has 4 heteroatoms. The van der Waals surface area contributed by atoms with Gasteiger partial charge in [-0.25, -0.2) is 0 Å². The largest absolute Gasteiger partial charge is 0.314 e. The molecular weight excluding hydrogens is 258 g/mol. The SMILES string of the molecule is CCNC1CCCCC(Cc2c(C)nn(C)c2Cl)C1. The molecule has 1 N–H and O–H groups in total. The summed E-state index contributed by atoms with van der Waals surface area (Å²) < 4.78 is 1.80. The van der Waals surface area contributed by atoms with Gasteiger partial charge in [0.05, 0.1) is 5.69 Å². The number of halogens is 1. The summed E-state index contributed by atoms with van der Waals surface area (Å²) in [4.78, 5) is 0. The molecule has 0 aliphatic heterocycles. The lowest BCUT2D eigenvalue weighted by molar-refractivity contribution is 0.389. The molecule has 2 rings (SSSR count). The van der Waals surface area contributed by atoms with Gasteiger partial charge < -0.3 is 5.32 Å². The first-order valence-electron chi connectivity index (χ1n) is 7.53. The first-order valence-corrected chi connectivity index (χ1v) is 7.91. The number of hydrogen-bond donors (Lipinski definition) is 1. The number of nitrogens with one attached hydrogen (secondary N) is 1. The van der Waals surface area contributed by atoms with Crippen molar-refractivity contribution in [2.75, 3.05) is 6.54 Å². The maximum absolute atomic E-state index is 6.36. The van der Waals surface area contributed by atoms with Gasteiger partial charge in [0, 0.05) is 18.7 Å². The molecule has 1 fully saturated rings. The van der Waals surface area contributed by atoms with E-state index in [1.807, 2.05) is 7.05 Å². The summed E-state index contributed by atoms with van der Waals surface area (Å²) >= 11 is 6.36. The van der Waals surface area contributed by atoms with E-state index in [9.17, 15) is 0 Å². The van der Waals surface area contributed by atoms with Gasteiger partial charge in [-0.2, -0.15) is 5.10 Å². The van der Waals surface area contributed by atoms with Crippen LogP contribution in [0.1, 0.15) is 50.3 Å². The van der Waals surface area contributed by atoms with Crippen molar-refractivity contribution in [3.63, 3.8) is 0 Å². The van der Waals surface area contributed by atoms with Crippen molar-refractivity contribution in [1.82, 2.24) is 15.1 Å². The van der Waals surface area contributed by atoms with Gasteiger partial charge >= 0.3 is 0 Å². The Hall–Kier alpha value is -0.540. The Kier molecular flexibility index (Phi) is 5.28. The molecule has 1 aliphatic rings. The Morgan fingerprint density at radius 2 is 2.11 bits per heavy atom. The molecule has 1 aromatic heterocycles. The molecule has 0 saturated heterocycles. The molecule has 0 aromatic carbocycles. The summed E-state index contributed by atoms with van der Waals surface area (Å²) in [6.45, 7) is 5.34. The average Bonchev–Trinajstić information content (AvgIpc) is 2.58. The highest BCUT2D eigenvalue weighted by molar-refractivity contribution is 6.30. The second kappa shape index (κ2) is 6.76. The number of nitrogens with zero attached hydrogens (tertiary/aromatic N) is 2. The summed E-state index contributed by atoms with van der Waals surface area (Å²) in [5.41, 5.74) is 2.35. The zero-order valence-corrected chi connectivity index (χ0v) is 13.1. The van der Waals surface area contributed by atoms with Crippen molar-refractivity contribution in [1.29, 1.82) is 0 Å². The van der Waals surface area contributed by atoms with Crippen molar-refractivity contribution in [3.8, 4) is 0 Å². The Morgan fingerprint density at radius 3 is 2.74 bits per heavy atom. The van der Waals surface area contributed by atoms with Crippen LogP contribution in [0.3, 0.4) is 0 Å². The smallest absolute Gasteiger partial charge is 0.130 e. The highest BCUT2D eigenvalue weighted by Gasteiger charge is 2.22. The fourth-order valence-electron chi connectivity index (χ4n) is 3.32. The average molecular weight is 284 g/mol. The third kappa shape index (κ3) is 3.73. The molecule has 2 unspecified atom stereocenters. The van der Waals surface area contributed by atoms with Crippen molar-refractivity contribution < 1.29 is 0 Å². The molecule has 2 atom stereocenters. The van der Waals surface area contributed by atoms with Crippen LogP contribution in [0.15, 0.2) is 0 Å². The van der Waals surface area contributed by atoms with Crippen LogP contribution in [0.4, 0.5) is 0 Å². The van der Waals surface area contributed by atoms with Crippen LogP contribution in [0, 0.1) is 12.8 Å². The third-order valence-corrected chi connectivity index (χ3v) is 4.76. The van der Waals surface area contributed by atoms with Crippen LogP contribution in [0.25, 0.3) is 0 Å². The molecule has 0 radical (unpaired) electrons. The molecule has 108 valence electrons. The maximum Gasteiger partial charge on any atom is 0.130 e. The number of aromatic nitrogens is 2. The second-order valence-electron chi connectivity index (χ2n) is 5.82. The van der Waals surface area contributed by atoms with Crippen LogP contribution >= 0.6 is 11.6 Å². The Bertz CT molecular complexity index is 414. The van der Waals surface area contributed by atoms with E-state index in [2.05, 4.69) is 24.3 Å². The standard InChI is InChI=1S/C15H26ClN3/c1-4-17-13-8-6-5-7-12(9-13)10-14-11(2)18-19(3)15(14)16/h12-13,17H,4-10H2,1-3H3. The molecular formula is C15H26ClN3. The number of rotatable bonds is 4. The molecule has 1 heterocycles. The molecule has 0 amide bonds. The lowest BCUT2D eigenvalue weighted by Gasteiger charge is -2.20. The fourth-order valence-corrected chi connectivity index (χ4v) is 3.57. The summed E-state index contributed by atoms with van der Waals surface area (Å²) in [7, 11) is 1.92. The molecule has 1 aliphatic carbocycles. The van der Waals surface area contributed by atoms with Crippen LogP contribution < -0.4 is 5.32 Å². The summed E-state index contributed by atoms with van der Waals surface area (Å²) in [5, 5.41) is 8.87. The summed E-state index contributed by atoms with van der Waals surface area (Å²) in [6.07, 6.45) is 7.72. The summed E-state index contributed by atoms with van der Waals surface area (Å²) in [6, 6.07) is 0.688. The molecule has 0 bridgehead atoms.